The predicted molar refractivity (Wildman–Crippen MR) is 64.7 cm³/mol. The highest BCUT2D eigenvalue weighted by atomic mass is 79.9. The van der Waals surface area contributed by atoms with E-state index < -0.39 is 12.2 Å². The summed E-state index contributed by atoms with van der Waals surface area (Å²) in [7, 11) is 0. The Balaban J connectivity index is 2.57. The van der Waals surface area contributed by atoms with Crippen LogP contribution in [0.4, 0.5) is 4.39 Å². The van der Waals surface area contributed by atoms with Gasteiger partial charge >= 0.3 is 0 Å². The molecule has 2 N–H and O–H groups in total. The third kappa shape index (κ3) is 3.85. The van der Waals surface area contributed by atoms with Gasteiger partial charge in [-0.3, -0.25) is 0 Å². The van der Waals surface area contributed by atoms with E-state index in [1.54, 1.807) is 19.1 Å². The van der Waals surface area contributed by atoms with Gasteiger partial charge in [-0.25, -0.2) is 4.39 Å². The summed E-state index contributed by atoms with van der Waals surface area (Å²) in [6, 6.07) is 4.72. The van der Waals surface area contributed by atoms with Crippen LogP contribution in [0.1, 0.15) is 25.3 Å². The number of aliphatic hydroxyl groups is 2. The Morgan fingerprint density at radius 1 is 1.31 bits per heavy atom. The van der Waals surface area contributed by atoms with Gasteiger partial charge in [0.25, 0.3) is 0 Å². The van der Waals surface area contributed by atoms with Crippen molar-refractivity contribution in [3.8, 4) is 0 Å². The van der Waals surface area contributed by atoms with Gasteiger partial charge in [0.15, 0.2) is 0 Å². The average molecular weight is 291 g/mol. The van der Waals surface area contributed by atoms with E-state index >= 15 is 0 Å². The predicted octanol–water partition coefficient (Wildman–Crippen LogP) is 2.65. The molecule has 0 bridgehead atoms. The van der Waals surface area contributed by atoms with E-state index in [4.69, 9.17) is 0 Å². The number of hydrogen-bond donors (Lipinski definition) is 2. The molecule has 0 saturated carbocycles. The molecule has 0 radical (unpaired) electrons. The van der Waals surface area contributed by atoms with Crippen LogP contribution in [-0.4, -0.2) is 22.4 Å². The molecule has 1 aromatic carbocycles. The lowest BCUT2D eigenvalue weighted by Gasteiger charge is -2.16. The first kappa shape index (κ1) is 13.6. The summed E-state index contributed by atoms with van der Waals surface area (Å²) < 4.78 is 14.2. The van der Waals surface area contributed by atoms with E-state index in [-0.39, 0.29) is 5.82 Å². The van der Waals surface area contributed by atoms with Crippen LogP contribution in [0.2, 0.25) is 0 Å². The van der Waals surface area contributed by atoms with E-state index in [2.05, 4.69) is 15.9 Å². The van der Waals surface area contributed by atoms with Crippen molar-refractivity contribution in [3.05, 3.63) is 34.1 Å². The standard InChI is InChI=1S/C12H16BrFO2/c1-2-11(15)12(16)6-3-8-7-9(13)4-5-10(8)14/h4-5,7,11-12,15-16H,2-3,6H2,1H3. The van der Waals surface area contributed by atoms with E-state index in [9.17, 15) is 14.6 Å². The van der Waals surface area contributed by atoms with Gasteiger partial charge in [-0.15, -0.1) is 0 Å². The largest absolute Gasteiger partial charge is 0.390 e. The molecule has 0 aliphatic heterocycles. The minimum atomic E-state index is -0.789. The third-order valence-corrected chi connectivity index (χ3v) is 3.07. The molecule has 0 fully saturated rings. The number of aryl methyl sites for hydroxylation is 1. The molecule has 0 heterocycles. The Morgan fingerprint density at radius 3 is 2.62 bits per heavy atom. The van der Waals surface area contributed by atoms with E-state index in [0.29, 0.717) is 24.8 Å². The van der Waals surface area contributed by atoms with Gasteiger partial charge in [0.1, 0.15) is 5.82 Å². The van der Waals surface area contributed by atoms with E-state index in [0.717, 1.165) is 4.47 Å². The summed E-state index contributed by atoms with van der Waals surface area (Å²) >= 11 is 3.27. The molecule has 0 aromatic heterocycles. The SMILES string of the molecule is CCC(O)C(O)CCc1cc(Br)ccc1F. The van der Waals surface area contributed by atoms with Crippen LogP contribution in [0, 0.1) is 5.82 Å². The summed E-state index contributed by atoms with van der Waals surface area (Å²) in [5, 5.41) is 18.9. The fraction of sp³-hybridized carbons (Fsp3) is 0.500. The second kappa shape index (κ2) is 6.33. The molecule has 90 valence electrons. The van der Waals surface area contributed by atoms with Crippen molar-refractivity contribution >= 4 is 15.9 Å². The van der Waals surface area contributed by atoms with E-state index in [1.165, 1.54) is 6.07 Å². The summed E-state index contributed by atoms with van der Waals surface area (Å²) in [5.74, 6) is -0.276. The highest BCUT2D eigenvalue weighted by Crippen LogP contribution is 2.18. The van der Waals surface area contributed by atoms with Crippen molar-refractivity contribution in [2.75, 3.05) is 0 Å². The Bertz CT molecular complexity index is 344. The molecule has 2 atom stereocenters. The minimum absolute atomic E-state index is 0.276. The first-order valence-corrected chi connectivity index (χ1v) is 6.14. The van der Waals surface area contributed by atoms with Crippen LogP contribution >= 0.6 is 15.9 Å². The zero-order valence-electron chi connectivity index (χ0n) is 9.16. The molecule has 0 aliphatic rings. The molecule has 1 rings (SSSR count). The third-order valence-electron chi connectivity index (χ3n) is 2.58. The van der Waals surface area contributed by atoms with Gasteiger partial charge in [-0.1, -0.05) is 22.9 Å². The molecule has 2 unspecified atom stereocenters. The van der Waals surface area contributed by atoms with Gasteiger partial charge in [-0.2, -0.15) is 0 Å². The molecule has 1 aromatic rings. The average Bonchev–Trinajstić information content (AvgIpc) is 2.28. The summed E-state index contributed by atoms with van der Waals surface area (Å²) in [6.45, 7) is 1.80. The maximum absolute atomic E-state index is 13.3. The van der Waals surface area contributed by atoms with Crippen LogP contribution in [0.3, 0.4) is 0 Å². The summed E-state index contributed by atoms with van der Waals surface area (Å²) in [5.41, 5.74) is 0.553. The summed E-state index contributed by atoms with van der Waals surface area (Å²) in [4.78, 5) is 0. The van der Waals surface area contributed by atoms with Crippen molar-refractivity contribution in [2.24, 2.45) is 0 Å². The topological polar surface area (TPSA) is 40.5 Å². The normalized spacial score (nSPS) is 14.8. The smallest absolute Gasteiger partial charge is 0.126 e. The van der Waals surface area contributed by atoms with Crippen LogP contribution in [0.25, 0.3) is 0 Å². The molecule has 2 nitrogen and oxygen atoms in total. The Labute approximate surface area is 103 Å². The zero-order chi connectivity index (χ0) is 12.1. The van der Waals surface area contributed by atoms with Crippen LogP contribution in [0.15, 0.2) is 22.7 Å². The highest BCUT2D eigenvalue weighted by Gasteiger charge is 2.14. The molecule has 0 spiro atoms. The van der Waals surface area contributed by atoms with Crippen molar-refractivity contribution in [2.45, 2.75) is 38.4 Å². The van der Waals surface area contributed by atoms with Crippen molar-refractivity contribution in [3.63, 3.8) is 0 Å². The van der Waals surface area contributed by atoms with Gasteiger partial charge < -0.3 is 10.2 Å². The Morgan fingerprint density at radius 2 is 2.00 bits per heavy atom. The molecule has 0 amide bonds. The monoisotopic (exact) mass is 290 g/mol. The van der Waals surface area contributed by atoms with Gasteiger partial charge in [0.2, 0.25) is 0 Å². The number of aliphatic hydroxyl groups excluding tert-OH is 2. The van der Waals surface area contributed by atoms with Crippen LogP contribution in [0.5, 0.6) is 0 Å². The first-order chi connectivity index (χ1) is 7.54. The summed E-state index contributed by atoms with van der Waals surface area (Å²) in [6.07, 6.45) is -0.229. The zero-order valence-corrected chi connectivity index (χ0v) is 10.7. The fourth-order valence-electron chi connectivity index (χ4n) is 1.50. The maximum Gasteiger partial charge on any atom is 0.126 e. The number of benzene rings is 1. The molecule has 16 heavy (non-hydrogen) atoms. The number of halogens is 2. The second-order valence-corrected chi connectivity index (χ2v) is 4.73. The number of hydrogen-bond acceptors (Lipinski definition) is 2. The molecule has 0 aliphatic carbocycles. The Hall–Kier alpha value is -0.450. The lowest BCUT2D eigenvalue weighted by Crippen LogP contribution is -2.25. The molecule has 0 saturated heterocycles. The molecular weight excluding hydrogens is 275 g/mol. The van der Waals surface area contributed by atoms with E-state index in [1.807, 2.05) is 0 Å². The van der Waals surface area contributed by atoms with Gasteiger partial charge in [0, 0.05) is 4.47 Å². The second-order valence-electron chi connectivity index (χ2n) is 3.82. The lowest BCUT2D eigenvalue weighted by molar-refractivity contribution is 0.0129. The Kier molecular flexibility index (Phi) is 5.38. The van der Waals surface area contributed by atoms with Crippen molar-refractivity contribution in [1.29, 1.82) is 0 Å². The van der Waals surface area contributed by atoms with Crippen molar-refractivity contribution in [1.82, 2.24) is 0 Å². The highest BCUT2D eigenvalue weighted by molar-refractivity contribution is 9.10. The first-order valence-electron chi connectivity index (χ1n) is 5.34. The van der Waals surface area contributed by atoms with Crippen LogP contribution < -0.4 is 0 Å². The molecule has 4 heteroatoms. The van der Waals surface area contributed by atoms with Crippen molar-refractivity contribution < 1.29 is 14.6 Å². The lowest BCUT2D eigenvalue weighted by atomic mass is 10.0. The fourth-order valence-corrected chi connectivity index (χ4v) is 1.91. The van der Waals surface area contributed by atoms with Gasteiger partial charge in [0.05, 0.1) is 12.2 Å². The molecular formula is C12H16BrFO2. The van der Waals surface area contributed by atoms with Gasteiger partial charge in [-0.05, 0) is 43.0 Å². The quantitative estimate of drug-likeness (QED) is 0.875. The number of rotatable bonds is 5. The minimum Gasteiger partial charge on any atom is -0.390 e. The maximum atomic E-state index is 13.3. The van der Waals surface area contributed by atoms with Crippen LogP contribution in [-0.2, 0) is 6.42 Å².